The molecule has 9 heteroatoms. The van der Waals surface area contributed by atoms with Crippen LogP contribution in [0.1, 0.15) is 27.3 Å². The number of carboxylic acids is 1. The molecular weight excluding hydrogens is 408 g/mol. The van der Waals surface area contributed by atoms with Crippen LogP contribution in [0.25, 0.3) is 11.1 Å². The van der Waals surface area contributed by atoms with Crippen LogP contribution in [0.15, 0.2) is 35.1 Å². The van der Waals surface area contributed by atoms with Gasteiger partial charge in [0.1, 0.15) is 11.4 Å². The van der Waals surface area contributed by atoms with Crippen molar-refractivity contribution in [2.24, 2.45) is 14.1 Å². The zero-order valence-electron chi connectivity index (χ0n) is 17.0. The van der Waals surface area contributed by atoms with Crippen molar-refractivity contribution in [3.05, 3.63) is 68.2 Å². The molecule has 0 saturated heterocycles. The monoisotopic (exact) mass is 428 g/mol. The average Bonchev–Trinajstić information content (AvgIpc) is 2.97. The predicted molar refractivity (Wildman–Crippen MR) is 114 cm³/mol. The van der Waals surface area contributed by atoms with Crippen molar-refractivity contribution in [1.29, 1.82) is 0 Å². The van der Waals surface area contributed by atoms with Crippen LogP contribution in [0.4, 0.5) is 5.82 Å². The Kier molecular flexibility index (Phi) is 5.80. The number of carboxylic acid groups (broad SMARTS) is 1. The predicted octanol–water partition coefficient (Wildman–Crippen LogP) is 2.94. The Balaban J connectivity index is 2.22. The van der Waals surface area contributed by atoms with Gasteiger partial charge in [-0.3, -0.25) is 19.1 Å². The van der Waals surface area contributed by atoms with Crippen molar-refractivity contribution < 1.29 is 14.7 Å². The van der Waals surface area contributed by atoms with Crippen LogP contribution in [0.5, 0.6) is 0 Å². The summed E-state index contributed by atoms with van der Waals surface area (Å²) >= 11 is 5.99. The number of benzene rings is 1. The lowest BCUT2D eigenvalue weighted by Crippen LogP contribution is -2.33. The topological polar surface area (TPSA) is 106 Å². The molecule has 2 aromatic heterocycles. The van der Waals surface area contributed by atoms with Crippen molar-refractivity contribution >= 4 is 29.3 Å². The van der Waals surface area contributed by atoms with E-state index in [1.54, 1.807) is 51.2 Å². The zero-order valence-corrected chi connectivity index (χ0v) is 17.7. The second-order valence-corrected chi connectivity index (χ2v) is 7.45. The number of aromatic nitrogens is 3. The van der Waals surface area contributed by atoms with Gasteiger partial charge < -0.3 is 15.0 Å². The second-order valence-electron chi connectivity index (χ2n) is 7.01. The lowest BCUT2D eigenvalue weighted by Gasteiger charge is -2.19. The Labute approximate surface area is 177 Å². The normalized spacial score (nSPS) is 10.8. The fraction of sp³-hybridized carbons (Fsp3) is 0.238. The fourth-order valence-electron chi connectivity index (χ4n) is 3.48. The highest BCUT2D eigenvalue weighted by atomic mass is 35.5. The molecule has 30 heavy (non-hydrogen) atoms. The van der Waals surface area contributed by atoms with Gasteiger partial charge in [-0.2, -0.15) is 5.10 Å². The molecule has 0 unspecified atom stereocenters. The highest BCUT2D eigenvalue weighted by Crippen LogP contribution is 2.30. The van der Waals surface area contributed by atoms with Crippen LogP contribution < -0.4 is 10.9 Å². The molecular formula is C21H21ClN4O4. The molecule has 0 bridgehead atoms. The third-order valence-corrected chi connectivity index (χ3v) is 5.14. The smallest absolute Gasteiger partial charge is 0.309 e. The summed E-state index contributed by atoms with van der Waals surface area (Å²) in [6.07, 6.45) is -0.368. The molecule has 1 amide bonds. The number of anilines is 1. The molecule has 3 rings (SSSR count). The summed E-state index contributed by atoms with van der Waals surface area (Å²) < 4.78 is 2.72. The Morgan fingerprint density at radius 1 is 1.17 bits per heavy atom. The quantitative estimate of drug-likeness (QED) is 0.649. The molecule has 0 aliphatic rings. The van der Waals surface area contributed by atoms with Gasteiger partial charge in [0.15, 0.2) is 0 Å². The van der Waals surface area contributed by atoms with Crippen LogP contribution in [-0.2, 0) is 25.3 Å². The van der Waals surface area contributed by atoms with Crippen molar-refractivity contribution in [3.63, 3.8) is 0 Å². The maximum absolute atomic E-state index is 13.0. The molecule has 0 aliphatic heterocycles. The largest absolute Gasteiger partial charge is 0.481 e. The van der Waals surface area contributed by atoms with Gasteiger partial charge in [0.25, 0.3) is 11.5 Å². The highest BCUT2D eigenvalue weighted by molar-refractivity contribution is 6.30. The van der Waals surface area contributed by atoms with Gasteiger partial charge in [-0.1, -0.05) is 23.7 Å². The average molecular weight is 429 g/mol. The van der Waals surface area contributed by atoms with E-state index in [4.69, 9.17) is 11.6 Å². The summed E-state index contributed by atoms with van der Waals surface area (Å²) in [7, 11) is 3.15. The summed E-state index contributed by atoms with van der Waals surface area (Å²) in [6, 6.07) is 8.49. The minimum absolute atomic E-state index is 0.0598. The van der Waals surface area contributed by atoms with E-state index < -0.39 is 17.4 Å². The first-order chi connectivity index (χ1) is 14.1. The SMILES string of the molecule is Cc1cc(NC(=O)c2c(C)c(-c3ccc(Cl)cc3)c(CC(=O)O)n(C)c2=O)n(C)n1. The maximum atomic E-state index is 13.0. The number of rotatable bonds is 5. The number of hydrogen-bond donors (Lipinski definition) is 2. The summed E-state index contributed by atoms with van der Waals surface area (Å²) in [4.78, 5) is 37.5. The van der Waals surface area contributed by atoms with Gasteiger partial charge in [-0.25, -0.2) is 0 Å². The van der Waals surface area contributed by atoms with E-state index >= 15 is 0 Å². The van der Waals surface area contributed by atoms with Crippen LogP contribution in [0.2, 0.25) is 5.02 Å². The molecule has 1 aromatic carbocycles. The molecule has 0 spiro atoms. The van der Waals surface area contributed by atoms with Crippen LogP contribution in [-0.4, -0.2) is 31.3 Å². The van der Waals surface area contributed by atoms with Gasteiger partial charge in [-0.15, -0.1) is 0 Å². The number of hydrogen-bond acceptors (Lipinski definition) is 4. The minimum Gasteiger partial charge on any atom is -0.481 e. The molecule has 0 atom stereocenters. The number of aryl methyl sites for hydroxylation is 2. The van der Waals surface area contributed by atoms with Crippen molar-refractivity contribution in [2.45, 2.75) is 20.3 Å². The van der Waals surface area contributed by atoms with E-state index in [0.29, 0.717) is 33.2 Å². The van der Waals surface area contributed by atoms with Gasteiger partial charge in [-0.05, 0) is 37.1 Å². The lowest BCUT2D eigenvalue weighted by atomic mass is 9.93. The summed E-state index contributed by atoms with van der Waals surface area (Å²) in [5.74, 6) is -1.23. The van der Waals surface area contributed by atoms with E-state index in [9.17, 15) is 19.5 Å². The second kappa shape index (κ2) is 8.16. The molecule has 0 saturated carbocycles. The van der Waals surface area contributed by atoms with Crippen molar-refractivity contribution in [1.82, 2.24) is 14.3 Å². The summed E-state index contributed by atoms with van der Waals surface area (Å²) in [5.41, 5.74) is 1.97. The Morgan fingerprint density at radius 3 is 2.33 bits per heavy atom. The van der Waals surface area contributed by atoms with Crippen LogP contribution in [0.3, 0.4) is 0 Å². The maximum Gasteiger partial charge on any atom is 0.309 e. The van der Waals surface area contributed by atoms with E-state index in [2.05, 4.69) is 10.4 Å². The Hall–Kier alpha value is -3.39. The molecule has 156 valence electrons. The molecule has 0 radical (unpaired) electrons. The highest BCUT2D eigenvalue weighted by Gasteiger charge is 2.25. The number of pyridine rings is 1. The Bertz CT molecular complexity index is 1210. The van der Waals surface area contributed by atoms with Crippen molar-refractivity contribution in [2.75, 3.05) is 5.32 Å². The number of amides is 1. The summed E-state index contributed by atoms with van der Waals surface area (Å²) in [5, 5.41) is 16.8. The third kappa shape index (κ3) is 3.99. The number of nitrogens with zero attached hydrogens (tertiary/aromatic N) is 3. The zero-order chi connectivity index (χ0) is 22.2. The molecule has 2 heterocycles. The van der Waals surface area contributed by atoms with Gasteiger partial charge in [0.05, 0.1) is 12.1 Å². The first kappa shape index (κ1) is 21.3. The van der Waals surface area contributed by atoms with Crippen LogP contribution in [0, 0.1) is 13.8 Å². The third-order valence-electron chi connectivity index (χ3n) is 4.88. The van der Waals surface area contributed by atoms with Crippen molar-refractivity contribution in [3.8, 4) is 11.1 Å². The molecule has 0 fully saturated rings. The first-order valence-corrected chi connectivity index (χ1v) is 9.50. The van der Waals surface area contributed by atoms with Crippen LogP contribution >= 0.6 is 11.6 Å². The van der Waals surface area contributed by atoms with E-state index in [-0.39, 0.29) is 12.0 Å². The summed E-state index contributed by atoms with van der Waals surface area (Å²) in [6.45, 7) is 3.43. The van der Waals surface area contributed by atoms with E-state index in [0.717, 1.165) is 5.69 Å². The standard InChI is InChI=1S/C21H21ClN4O4/c1-11-9-16(26(4)24-11)23-20(29)19-12(2)18(13-5-7-14(22)8-6-13)15(10-17(27)28)25(3)21(19)30/h5-9H,10H2,1-4H3,(H,23,29)(H,27,28). The molecule has 8 nitrogen and oxygen atoms in total. The first-order valence-electron chi connectivity index (χ1n) is 9.12. The fourth-order valence-corrected chi connectivity index (χ4v) is 3.61. The minimum atomic E-state index is -1.08. The van der Waals surface area contributed by atoms with Gasteiger partial charge >= 0.3 is 5.97 Å². The molecule has 0 aliphatic carbocycles. The Morgan fingerprint density at radius 2 is 1.80 bits per heavy atom. The number of carbonyl (C=O) groups is 2. The van der Waals surface area contributed by atoms with Gasteiger partial charge in [0, 0.05) is 36.4 Å². The number of nitrogens with one attached hydrogen (secondary N) is 1. The molecule has 3 aromatic rings. The van der Waals surface area contributed by atoms with Gasteiger partial charge in [0.2, 0.25) is 0 Å². The number of carbonyl (C=O) groups excluding carboxylic acids is 1. The van der Waals surface area contributed by atoms with E-state index in [1.165, 1.54) is 16.3 Å². The van der Waals surface area contributed by atoms with E-state index in [1.807, 2.05) is 0 Å². The number of halogens is 1. The molecule has 2 N–H and O–H groups in total. The number of aliphatic carboxylic acids is 1. The lowest BCUT2D eigenvalue weighted by molar-refractivity contribution is -0.136.